The molecule has 0 spiro atoms. The van der Waals surface area contributed by atoms with Gasteiger partial charge in [0.25, 0.3) is 5.91 Å². The van der Waals surface area contributed by atoms with Crippen molar-refractivity contribution in [3.8, 4) is 10.6 Å². The zero-order valence-corrected chi connectivity index (χ0v) is 16.6. The number of nitrogens with zero attached hydrogens (tertiary/aromatic N) is 2. The van der Waals surface area contributed by atoms with Crippen molar-refractivity contribution in [3.63, 3.8) is 0 Å². The molecule has 0 atom stereocenters. The molecule has 1 aliphatic heterocycles. The number of amides is 1. The molecule has 0 unspecified atom stereocenters. The lowest BCUT2D eigenvalue weighted by atomic mass is 9.91. The van der Waals surface area contributed by atoms with Gasteiger partial charge in [-0.3, -0.25) is 4.79 Å². The van der Waals surface area contributed by atoms with Crippen LogP contribution in [0.5, 0.6) is 0 Å². The van der Waals surface area contributed by atoms with Gasteiger partial charge in [-0.1, -0.05) is 5.16 Å². The largest absolute Gasteiger partial charge is 0.357 e. The third-order valence-electron chi connectivity index (χ3n) is 5.01. The molecule has 3 heterocycles. The van der Waals surface area contributed by atoms with Gasteiger partial charge in [-0.05, 0) is 52.7 Å². The van der Waals surface area contributed by atoms with Crippen LogP contribution in [0.1, 0.15) is 54.6 Å². The molecule has 1 saturated heterocycles. The first-order valence-electron chi connectivity index (χ1n) is 8.91. The van der Waals surface area contributed by atoms with E-state index in [0.717, 1.165) is 6.92 Å². The van der Waals surface area contributed by atoms with Crippen LogP contribution in [0.2, 0.25) is 0 Å². The highest BCUT2D eigenvalue weighted by molar-refractivity contribution is 7.17. The third kappa shape index (κ3) is 4.05. The Balaban J connectivity index is 1.73. The van der Waals surface area contributed by atoms with Gasteiger partial charge < -0.3 is 9.42 Å². The number of hydrogen-bond donors (Lipinski definition) is 0. The molecular formula is C19H23F3N2O2S. The number of likely N-dealkylation sites (tertiary alicyclic amines) is 1. The highest BCUT2D eigenvalue weighted by Crippen LogP contribution is 2.37. The first-order chi connectivity index (χ1) is 12.5. The SMILES string of the molecule is Cc1c(-c2ccc(C(=O)N3CCC(C(C)(F)F)CC3)s2)noc1C(C)(C)F. The summed E-state index contributed by atoms with van der Waals surface area (Å²) in [5, 5.41) is 3.96. The lowest BCUT2D eigenvalue weighted by Crippen LogP contribution is -2.42. The van der Waals surface area contributed by atoms with Crippen molar-refractivity contribution in [2.45, 2.75) is 52.1 Å². The molecule has 1 fully saturated rings. The van der Waals surface area contributed by atoms with Crippen molar-refractivity contribution >= 4 is 17.2 Å². The quantitative estimate of drug-likeness (QED) is 0.688. The van der Waals surface area contributed by atoms with Gasteiger partial charge in [-0.15, -0.1) is 11.3 Å². The zero-order valence-electron chi connectivity index (χ0n) is 15.8. The van der Waals surface area contributed by atoms with Gasteiger partial charge in [0.15, 0.2) is 11.4 Å². The Hall–Kier alpha value is -1.83. The van der Waals surface area contributed by atoms with Gasteiger partial charge in [0.1, 0.15) is 5.69 Å². The summed E-state index contributed by atoms with van der Waals surface area (Å²) in [4.78, 5) is 15.5. The second-order valence-corrected chi connectivity index (χ2v) is 8.73. The van der Waals surface area contributed by atoms with E-state index in [0.29, 0.717) is 46.9 Å². The fraction of sp³-hybridized carbons (Fsp3) is 0.579. The van der Waals surface area contributed by atoms with Crippen LogP contribution < -0.4 is 0 Å². The minimum Gasteiger partial charge on any atom is -0.357 e. The van der Waals surface area contributed by atoms with Gasteiger partial charge in [0.05, 0.1) is 9.75 Å². The molecular weight excluding hydrogens is 377 g/mol. The highest BCUT2D eigenvalue weighted by Gasteiger charge is 2.37. The summed E-state index contributed by atoms with van der Waals surface area (Å²) < 4.78 is 46.2. The molecule has 0 bridgehead atoms. The van der Waals surface area contributed by atoms with Gasteiger partial charge in [0, 0.05) is 24.6 Å². The molecule has 1 amide bonds. The minimum absolute atomic E-state index is 0.168. The van der Waals surface area contributed by atoms with Crippen molar-refractivity contribution in [2.75, 3.05) is 13.1 Å². The zero-order chi connectivity index (χ0) is 20.0. The number of piperidine rings is 1. The van der Waals surface area contributed by atoms with E-state index in [1.165, 1.54) is 25.2 Å². The summed E-state index contributed by atoms with van der Waals surface area (Å²) in [6.45, 7) is 6.12. The molecule has 4 nitrogen and oxygen atoms in total. The maximum absolute atomic E-state index is 14.2. The van der Waals surface area contributed by atoms with E-state index in [1.807, 2.05) is 0 Å². The normalized spacial score (nSPS) is 16.8. The Morgan fingerprint density at radius 3 is 2.37 bits per heavy atom. The predicted molar refractivity (Wildman–Crippen MR) is 97.9 cm³/mol. The average Bonchev–Trinajstić information content (AvgIpc) is 3.19. The van der Waals surface area contributed by atoms with E-state index in [9.17, 15) is 18.0 Å². The third-order valence-corrected chi connectivity index (χ3v) is 6.09. The number of aromatic nitrogens is 1. The molecule has 1 aliphatic rings. The molecule has 27 heavy (non-hydrogen) atoms. The number of carbonyl (C=O) groups excluding carboxylic acids is 1. The standard InChI is InChI=1S/C19H23F3N2O2S/c1-11-15(23-26-16(11)18(2,3)20)13-5-6-14(27-13)17(25)24-9-7-12(8-10-24)19(4,21)22/h5-6,12H,7-10H2,1-4H3. The molecule has 0 aromatic carbocycles. The molecule has 148 valence electrons. The number of thiophene rings is 1. The van der Waals surface area contributed by atoms with Crippen molar-refractivity contribution < 1.29 is 22.5 Å². The summed E-state index contributed by atoms with van der Waals surface area (Å²) in [6.07, 6.45) is 0.593. The van der Waals surface area contributed by atoms with Crippen molar-refractivity contribution in [3.05, 3.63) is 28.3 Å². The maximum Gasteiger partial charge on any atom is 0.263 e. The lowest BCUT2D eigenvalue weighted by Gasteiger charge is -2.34. The van der Waals surface area contributed by atoms with Crippen LogP contribution >= 0.6 is 11.3 Å². The van der Waals surface area contributed by atoms with E-state index in [-0.39, 0.29) is 11.7 Å². The molecule has 0 aliphatic carbocycles. The number of rotatable bonds is 4. The van der Waals surface area contributed by atoms with Crippen LogP contribution in [0.4, 0.5) is 13.2 Å². The smallest absolute Gasteiger partial charge is 0.263 e. The van der Waals surface area contributed by atoms with Crippen molar-refractivity contribution in [2.24, 2.45) is 5.92 Å². The van der Waals surface area contributed by atoms with E-state index >= 15 is 0 Å². The van der Waals surface area contributed by atoms with E-state index in [2.05, 4.69) is 5.16 Å². The van der Waals surface area contributed by atoms with Crippen LogP contribution in [0.3, 0.4) is 0 Å². The first-order valence-corrected chi connectivity index (χ1v) is 9.73. The second-order valence-electron chi connectivity index (χ2n) is 7.64. The van der Waals surface area contributed by atoms with Crippen LogP contribution in [-0.2, 0) is 5.67 Å². The van der Waals surface area contributed by atoms with Crippen LogP contribution in [-0.4, -0.2) is 35.0 Å². The van der Waals surface area contributed by atoms with Gasteiger partial charge >= 0.3 is 0 Å². The van der Waals surface area contributed by atoms with Crippen LogP contribution in [0.15, 0.2) is 16.7 Å². The molecule has 0 saturated carbocycles. The summed E-state index contributed by atoms with van der Waals surface area (Å²) >= 11 is 1.25. The van der Waals surface area contributed by atoms with Crippen LogP contribution in [0, 0.1) is 12.8 Å². The number of halogens is 3. The number of alkyl halides is 3. The average molecular weight is 400 g/mol. The lowest BCUT2D eigenvalue weighted by molar-refractivity contribution is -0.0594. The van der Waals surface area contributed by atoms with Crippen LogP contribution in [0.25, 0.3) is 10.6 Å². The minimum atomic E-state index is -2.71. The topological polar surface area (TPSA) is 46.3 Å². The first kappa shape index (κ1) is 19.9. The molecule has 0 radical (unpaired) electrons. The Morgan fingerprint density at radius 2 is 1.85 bits per heavy atom. The molecule has 8 heteroatoms. The van der Waals surface area contributed by atoms with Crippen molar-refractivity contribution in [1.29, 1.82) is 0 Å². The van der Waals surface area contributed by atoms with Crippen molar-refractivity contribution in [1.82, 2.24) is 10.1 Å². The fourth-order valence-corrected chi connectivity index (χ4v) is 4.46. The molecule has 0 N–H and O–H groups in total. The Bertz CT molecular complexity index is 825. The van der Waals surface area contributed by atoms with E-state index in [1.54, 1.807) is 24.0 Å². The van der Waals surface area contributed by atoms with Gasteiger partial charge in [-0.2, -0.15) is 0 Å². The van der Waals surface area contributed by atoms with E-state index < -0.39 is 17.5 Å². The van der Waals surface area contributed by atoms with Gasteiger partial charge in [0.2, 0.25) is 5.92 Å². The molecule has 2 aromatic heterocycles. The predicted octanol–water partition coefficient (Wildman–Crippen LogP) is 5.42. The summed E-state index contributed by atoms with van der Waals surface area (Å²) in [5.74, 6) is -3.39. The number of hydrogen-bond acceptors (Lipinski definition) is 4. The molecule has 3 rings (SSSR count). The maximum atomic E-state index is 14.2. The fourth-order valence-electron chi connectivity index (χ4n) is 3.45. The Morgan fingerprint density at radius 1 is 1.22 bits per heavy atom. The van der Waals surface area contributed by atoms with E-state index in [4.69, 9.17) is 4.52 Å². The molecule has 2 aromatic rings. The Labute approximate surface area is 160 Å². The summed E-state index contributed by atoms with van der Waals surface area (Å²) in [5.41, 5.74) is -0.518. The monoisotopic (exact) mass is 400 g/mol. The number of carbonyl (C=O) groups is 1. The Kier molecular flexibility index (Phi) is 5.14. The summed E-state index contributed by atoms with van der Waals surface area (Å²) in [7, 11) is 0. The van der Waals surface area contributed by atoms with Gasteiger partial charge in [-0.25, -0.2) is 13.2 Å². The summed E-state index contributed by atoms with van der Waals surface area (Å²) in [6, 6.07) is 3.45. The second kappa shape index (κ2) is 6.96. The highest BCUT2D eigenvalue weighted by atomic mass is 32.1.